The van der Waals surface area contributed by atoms with Crippen molar-refractivity contribution in [1.82, 2.24) is 9.80 Å². The highest BCUT2D eigenvalue weighted by molar-refractivity contribution is 5.33. The van der Waals surface area contributed by atoms with Crippen LogP contribution in [-0.4, -0.2) is 55.7 Å². The highest BCUT2D eigenvalue weighted by atomic mass is 16.7. The largest absolute Gasteiger partial charge is 0.494 e. The van der Waals surface area contributed by atoms with Crippen LogP contribution in [0.25, 0.3) is 0 Å². The molecule has 0 saturated carbocycles. The van der Waals surface area contributed by atoms with Crippen LogP contribution in [-0.2, 0) is 9.47 Å². The van der Waals surface area contributed by atoms with Crippen molar-refractivity contribution in [1.29, 1.82) is 0 Å². The Labute approximate surface area is 285 Å². The molecule has 0 amide bonds. The Bertz CT molecular complexity index is 1560. The van der Waals surface area contributed by atoms with Gasteiger partial charge in [0.1, 0.15) is 18.0 Å². The first-order valence-electron chi connectivity index (χ1n) is 17.5. The summed E-state index contributed by atoms with van der Waals surface area (Å²) in [4.78, 5) is 5.21. The van der Waals surface area contributed by atoms with E-state index in [1.165, 1.54) is 11.1 Å². The number of piperazine rings is 1. The smallest absolute Gasteiger partial charge is 0.185 e. The topological polar surface area (TPSA) is 34.2 Å². The lowest BCUT2D eigenvalue weighted by Gasteiger charge is -2.35. The molecule has 7 rings (SSSR count). The minimum Gasteiger partial charge on any atom is -0.494 e. The first-order valence-corrected chi connectivity index (χ1v) is 17.5. The van der Waals surface area contributed by atoms with Crippen LogP contribution >= 0.6 is 0 Å². The molecule has 0 N–H and O–H groups in total. The minimum absolute atomic E-state index is 0.170. The van der Waals surface area contributed by atoms with Gasteiger partial charge in [0.2, 0.25) is 0 Å². The van der Waals surface area contributed by atoms with Gasteiger partial charge in [-0.1, -0.05) is 133 Å². The van der Waals surface area contributed by atoms with Crippen LogP contribution < -0.4 is 4.74 Å². The maximum Gasteiger partial charge on any atom is 0.185 e. The summed E-state index contributed by atoms with van der Waals surface area (Å²) in [6.45, 7) is 7.38. The molecule has 2 fully saturated rings. The number of hydrogen-bond acceptors (Lipinski definition) is 5. The summed E-state index contributed by atoms with van der Waals surface area (Å²) in [7, 11) is 0. The second-order valence-corrected chi connectivity index (χ2v) is 12.9. The molecule has 5 aromatic rings. The van der Waals surface area contributed by atoms with E-state index >= 15 is 0 Å². The first-order chi connectivity index (χ1) is 23.8. The number of ether oxygens (including phenoxy) is 3. The fourth-order valence-electron chi connectivity index (χ4n) is 7.03. The van der Waals surface area contributed by atoms with Gasteiger partial charge >= 0.3 is 0 Å². The van der Waals surface area contributed by atoms with Crippen LogP contribution in [0.4, 0.5) is 0 Å². The average Bonchev–Trinajstić information content (AvgIpc) is 3.62. The first kappa shape index (κ1) is 32.3. The van der Waals surface area contributed by atoms with Gasteiger partial charge in [0, 0.05) is 44.2 Å². The number of benzene rings is 5. The van der Waals surface area contributed by atoms with Gasteiger partial charge in [-0.3, -0.25) is 0 Å². The van der Waals surface area contributed by atoms with E-state index in [0.29, 0.717) is 12.5 Å². The Morgan fingerprint density at radius 2 is 0.979 bits per heavy atom. The van der Waals surface area contributed by atoms with E-state index in [9.17, 15) is 0 Å². The third kappa shape index (κ3) is 8.23. The maximum absolute atomic E-state index is 6.51. The molecule has 48 heavy (non-hydrogen) atoms. The summed E-state index contributed by atoms with van der Waals surface area (Å²) in [6, 6.07) is 50.8. The van der Waals surface area contributed by atoms with Crippen molar-refractivity contribution in [3.63, 3.8) is 0 Å². The quantitative estimate of drug-likeness (QED) is 0.120. The van der Waals surface area contributed by atoms with E-state index in [2.05, 4.69) is 131 Å². The molecule has 2 aliphatic heterocycles. The predicted molar refractivity (Wildman–Crippen MR) is 192 cm³/mol. The van der Waals surface area contributed by atoms with Crippen LogP contribution in [0.15, 0.2) is 146 Å². The highest BCUT2D eigenvalue weighted by Crippen LogP contribution is 2.48. The number of rotatable bonds is 13. The molecular formula is C43H46N2O3. The summed E-state index contributed by atoms with van der Waals surface area (Å²) < 4.78 is 19.2. The summed E-state index contributed by atoms with van der Waals surface area (Å²) in [5.74, 6) is 1.32. The van der Waals surface area contributed by atoms with E-state index in [0.717, 1.165) is 74.6 Å². The molecular weight excluding hydrogens is 592 g/mol. The van der Waals surface area contributed by atoms with E-state index in [1.807, 2.05) is 24.3 Å². The normalized spacial score (nSPS) is 20.2. The van der Waals surface area contributed by atoms with Crippen LogP contribution in [0.3, 0.4) is 0 Å². The third-order valence-electron chi connectivity index (χ3n) is 9.71. The van der Waals surface area contributed by atoms with Crippen molar-refractivity contribution in [2.45, 2.75) is 37.3 Å². The molecule has 2 atom stereocenters. The molecule has 0 bridgehead atoms. The molecule has 2 saturated heterocycles. The van der Waals surface area contributed by atoms with Crippen molar-refractivity contribution >= 4 is 0 Å². The molecule has 2 aliphatic rings. The minimum atomic E-state index is -0.435. The Kier molecular flexibility index (Phi) is 10.9. The molecule has 2 heterocycles. The second-order valence-electron chi connectivity index (χ2n) is 12.9. The Morgan fingerprint density at radius 3 is 1.48 bits per heavy atom. The van der Waals surface area contributed by atoms with E-state index in [-0.39, 0.29) is 12.2 Å². The Hall–Kier alpha value is -4.26. The summed E-state index contributed by atoms with van der Waals surface area (Å²) in [5.41, 5.74) is 6.06. The van der Waals surface area contributed by atoms with Crippen LogP contribution in [0.2, 0.25) is 0 Å². The Balaban J connectivity index is 0.846. The average molecular weight is 639 g/mol. The fraction of sp³-hybridized carbons (Fsp3) is 0.302. The molecule has 2 unspecified atom stereocenters. The van der Waals surface area contributed by atoms with Crippen LogP contribution in [0, 0.1) is 0 Å². The van der Waals surface area contributed by atoms with Crippen molar-refractivity contribution in [3.8, 4) is 5.75 Å². The van der Waals surface area contributed by atoms with Crippen LogP contribution in [0.5, 0.6) is 5.75 Å². The van der Waals surface area contributed by atoms with E-state index < -0.39 is 6.29 Å². The van der Waals surface area contributed by atoms with Crippen molar-refractivity contribution in [3.05, 3.63) is 173 Å². The fourth-order valence-corrected chi connectivity index (χ4v) is 7.03. The molecule has 5 aromatic carbocycles. The van der Waals surface area contributed by atoms with Gasteiger partial charge in [-0.25, -0.2) is 0 Å². The van der Waals surface area contributed by atoms with E-state index in [1.54, 1.807) is 0 Å². The number of hydrogen-bond donors (Lipinski definition) is 0. The number of nitrogens with zero attached hydrogens (tertiary/aromatic N) is 2. The van der Waals surface area contributed by atoms with Gasteiger partial charge in [0.25, 0.3) is 0 Å². The van der Waals surface area contributed by atoms with Gasteiger partial charge in [-0.2, -0.15) is 0 Å². The van der Waals surface area contributed by atoms with Gasteiger partial charge in [-0.15, -0.1) is 0 Å². The maximum atomic E-state index is 6.51. The van der Waals surface area contributed by atoms with Gasteiger partial charge in [0.15, 0.2) is 6.29 Å². The van der Waals surface area contributed by atoms with Gasteiger partial charge in [-0.05, 0) is 53.8 Å². The summed E-state index contributed by atoms with van der Waals surface area (Å²) in [5, 5.41) is 0. The standard InChI is InChI=1S/C43H46N2O3/c1-5-14-34(15-6-1)40(35-16-7-2-8-17-35)26-28-45-31-29-44(30-32-45)27-13-33-46-39-24-22-38(23-25-39)43-47-41(36-18-9-3-10-19-36)42(48-43)37-20-11-4-12-21-37/h1-12,14-25,40-43H,13,26-33H2. The van der Waals surface area contributed by atoms with Gasteiger partial charge < -0.3 is 24.0 Å². The molecule has 0 radical (unpaired) electrons. The van der Waals surface area contributed by atoms with Crippen molar-refractivity contribution in [2.75, 3.05) is 45.9 Å². The predicted octanol–water partition coefficient (Wildman–Crippen LogP) is 8.82. The zero-order valence-electron chi connectivity index (χ0n) is 27.6. The lowest BCUT2D eigenvalue weighted by atomic mass is 9.88. The highest BCUT2D eigenvalue weighted by Gasteiger charge is 2.38. The third-order valence-corrected chi connectivity index (χ3v) is 9.71. The lowest BCUT2D eigenvalue weighted by Crippen LogP contribution is -2.47. The summed E-state index contributed by atoms with van der Waals surface area (Å²) in [6.07, 6.45) is 1.38. The molecule has 0 aromatic heterocycles. The zero-order valence-corrected chi connectivity index (χ0v) is 27.6. The zero-order chi connectivity index (χ0) is 32.4. The Morgan fingerprint density at radius 1 is 0.521 bits per heavy atom. The summed E-state index contributed by atoms with van der Waals surface area (Å²) >= 11 is 0. The molecule has 5 nitrogen and oxygen atoms in total. The van der Waals surface area contributed by atoms with Gasteiger partial charge in [0.05, 0.1) is 6.61 Å². The molecule has 5 heteroatoms. The van der Waals surface area contributed by atoms with Crippen LogP contribution in [0.1, 0.15) is 65.1 Å². The van der Waals surface area contributed by atoms with Crippen molar-refractivity contribution in [2.24, 2.45) is 0 Å². The lowest BCUT2D eigenvalue weighted by molar-refractivity contribution is -0.0698. The molecule has 246 valence electrons. The molecule has 0 aliphatic carbocycles. The molecule has 0 spiro atoms. The SMILES string of the molecule is c1ccc(C(CCN2CCN(CCCOc3ccc(C4OC(c5ccccc5)C(c5ccccc5)O4)cc3)CC2)c2ccccc2)cc1. The monoisotopic (exact) mass is 638 g/mol. The van der Waals surface area contributed by atoms with E-state index in [4.69, 9.17) is 14.2 Å². The van der Waals surface area contributed by atoms with Crippen molar-refractivity contribution < 1.29 is 14.2 Å². The second kappa shape index (κ2) is 16.2.